The molecule has 1 aliphatic heterocycles. The molecule has 1 aromatic heterocycles. The van der Waals surface area contributed by atoms with E-state index in [1.165, 1.54) is 17.7 Å². The summed E-state index contributed by atoms with van der Waals surface area (Å²) in [7, 11) is 0. The number of thioether (sulfide) groups is 1. The van der Waals surface area contributed by atoms with Crippen molar-refractivity contribution < 1.29 is 13.9 Å². The number of Topliss-reactive ketones (excluding diaryl/α,β-unsaturated/α-hetero) is 1. The monoisotopic (exact) mass is 414 g/mol. The van der Waals surface area contributed by atoms with Crippen LogP contribution in [-0.4, -0.2) is 34.2 Å². The fourth-order valence-electron chi connectivity index (χ4n) is 4.11. The molecule has 5 rings (SSSR count). The van der Waals surface area contributed by atoms with Crippen LogP contribution >= 0.6 is 11.8 Å². The maximum atomic E-state index is 14.6. The van der Waals surface area contributed by atoms with E-state index >= 15 is 0 Å². The van der Waals surface area contributed by atoms with E-state index in [1.54, 1.807) is 0 Å². The zero-order chi connectivity index (χ0) is 19.8. The first kappa shape index (κ1) is 19.3. The molecule has 1 N–H and O–H groups in total. The quantitative estimate of drug-likeness (QED) is 0.592. The Labute approximate surface area is 175 Å². The first-order valence-corrected chi connectivity index (χ1v) is 11.7. The lowest BCUT2D eigenvalue weighted by atomic mass is 9.84. The van der Waals surface area contributed by atoms with Gasteiger partial charge in [0.05, 0.1) is 0 Å². The maximum absolute atomic E-state index is 14.6. The normalized spacial score (nSPS) is 21.3. The van der Waals surface area contributed by atoms with Crippen molar-refractivity contribution in [1.29, 1.82) is 0 Å². The molecule has 29 heavy (non-hydrogen) atoms. The van der Waals surface area contributed by atoms with E-state index in [0.29, 0.717) is 11.7 Å². The van der Waals surface area contributed by atoms with Gasteiger partial charge in [-0.3, -0.25) is 4.79 Å². The molecule has 0 spiro atoms. The Hall–Kier alpha value is -1.66. The van der Waals surface area contributed by atoms with Crippen molar-refractivity contribution in [2.75, 3.05) is 13.2 Å². The van der Waals surface area contributed by atoms with Crippen molar-refractivity contribution in [3.05, 3.63) is 47.3 Å². The van der Waals surface area contributed by atoms with Crippen molar-refractivity contribution in [3.63, 3.8) is 0 Å². The van der Waals surface area contributed by atoms with Crippen LogP contribution < -0.4 is 0 Å². The number of aromatic nitrogens is 2. The predicted molar refractivity (Wildman–Crippen MR) is 111 cm³/mol. The van der Waals surface area contributed by atoms with Gasteiger partial charge in [-0.2, -0.15) is 4.39 Å². The summed E-state index contributed by atoms with van der Waals surface area (Å²) in [6.07, 6.45) is 7.25. The van der Waals surface area contributed by atoms with Gasteiger partial charge in [-0.25, -0.2) is 4.98 Å². The lowest BCUT2D eigenvalue weighted by Crippen LogP contribution is -2.19. The SMILES string of the molecule is O=C(c1nc(C(CC2CCOCC2)c2ccc(SC3CC3)cc2)[nH]c1F)C1CC1. The maximum Gasteiger partial charge on any atom is 0.222 e. The molecule has 2 saturated carbocycles. The highest BCUT2D eigenvalue weighted by atomic mass is 32.2. The second-order valence-electron chi connectivity index (χ2n) is 8.65. The van der Waals surface area contributed by atoms with Crippen LogP contribution in [0.3, 0.4) is 0 Å². The van der Waals surface area contributed by atoms with Gasteiger partial charge in [-0.1, -0.05) is 12.1 Å². The highest BCUT2D eigenvalue weighted by Gasteiger charge is 2.35. The van der Waals surface area contributed by atoms with Gasteiger partial charge >= 0.3 is 0 Å². The molecule has 2 aromatic rings. The molecule has 2 aliphatic carbocycles. The Morgan fingerprint density at radius 3 is 2.52 bits per heavy atom. The average molecular weight is 415 g/mol. The molecule has 0 amide bonds. The van der Waals surface area contributed by atoms with Crippen LogP contribution in [0.25, 0.3) is 0 Å². The smallest absolute Gasteiger partial charge is 0.222 e. The third-order valence-corrected chi connectivity index (χ3v) is 7.56. The third kappa shape index (κ3) is 4.58. The van der Waals surface area contributed by atoms with Crippen LogP contribution in [0.4, 0.5) is 4.39 Å². The Morgan fingerprint density at radius 1 is 1.14 bits per heavy atom. The number of nitrogens with zero attached hydrogens (tertiary/aromatic N) is 1. The lowest BCUT2D eigenvalue weighted by Gasteiger charge is -2.26. The average Bonchev–Trinajstić information content (AvgIpc) is 3.66. The minimum atomic E-state index is -0.574. The topological polar surface area (TPSA) is 55.0 Å². The van der Waals surface area contributed by atoms with Crippen LogP contribution in [0.15, 0.2) is 29.2 Å². The highest BCUT2D eigenvalue weighted by Crippen LogP contribution is 2.40. The summed E-state index contributed by atoms with van der Waals surface area (Å²) in [5, 5.41) is 0.772. The molecule has 1 atom stereocenters. The fraction of sp³-hybridized carbons (Fsp3) is 0.565. The van der Waals surface area contributed by atoms with Gasteiger partial charge in [0.1, 0.15) is 5.82 Å². The number of benzene rings is 1. The summed E-state index contributed by atoms with van der Waals surface area (Å²) in [6, 6.07) is 8.64. The number of hydrogen-bond donors (Lipinski definition) is 1. The Kier molecular flexibility index (Phi) is 5.48. The molecule has 0 bridgehead atoms. The number of imidazole rings is 1. The van der Waals surface area contributed by atoms with Gasteiger partial charge in [0.25, 0.3) is 0 Å². The summed E-state index contributed by atoms with van der Waals surface area (Å²) in [4.78, 5) is 21.0. The molecule has 154 valence electrons. The second-order valence-corrected chi connectivity index (χ2v) is 10.0. The van der Waals surface area contributed by atoms with Crippen LogP contribution in [0.5, 0.6) is 0 Å². The number of halogens is 1. The Morgan fingerprint density at radius 2 is 1.86 bits per heavy atom. The number of rotatable bonds is 8. The molecule has 2 heterocycles. The molecule has 3 aliphatic rings. The van der Waals surface area contributed by atoms with Crippen molar-refractivity contribution in [1.82, 2.24) is 9.97 Å². The Balaban J connectivity index is 1.41. The van der Waals surface area contributed by atoms with Gasteiger partial charge in [0.15, 0.2) is 11.5 Å². The van der Waals surface area contributed by atoms with Gasteiger partial charge in [-0.15, -0.1) is 11.8 Å². The summed E-state index contributed by atoms with van der Waals surface area (Å²) in [5.41, 5.74) is 1.14. The predicted octanol–water partition coefficient (Wildman–Crippen LogP) is 5.34. The molecule has 6 heteroatoms. The molecule has 1 saturated heterocycles. The molecule has 3 fully saturated rings. The highest BCUT2D eigenvalue weighted by molar-refractivity contribution is 8.00. The number of ether oxygens (including phenoxy) is 1. The molecule has 1 aromatic carbocycles. The largest absolute Gasteiger partial charge is 0.381 e. The van der Waals surface area contributed by atoms with Gasteiger partial charge in [-0.05, 0) is 68.6 Å². The van der Waals surface area contributed by atoms with E-state index in [4.69, 9.17) is 4.74 Å². The van der Waals surface area contributed by atoms with E-state index in [9.17, 15) is 9.18 Å². The number of aromatic amines is 1. The van der Waals surface area contributed by atoms with E-state index in [1.807, 2.05) is 11.8 Å². The van der Waals surface area contributed by atoms with E-state index in [2.05, 4.69) is 34.2 Å². The van der Waals surface area contributed by atoms with Crippen LogP contribution in [-0.2, 0) is 4.74 Å². The number of carbonyl (C=O) groups excluding carboxylic acids is 1. The minimum Gasteiger partial charge on any atom is -0.381 e. The lowest BCUT2D eigenvalue weighted by molar-refractivity contribution is 0.0625. The van der Waals surface area contributed by atoms with Gasteiger partial charge in [0, 0.05) is 35.2 Å². The zero-order valence-corrected chi connectivity index (χ0v) is 17.3. The fourth-order valence-corrected chi connectivity index (χ4v) is 5.16. The van der Waals surface area contributed by atoms with Crippen LogP contribution in [0.1, 0.15) is 72.7 Å². The molecule has 0 radical (unpaired) electrons. The summed E-state index contributed by atoms with van der Waals surface area (Å²) >= 11 is 1.94. The van der Waals surface area contributed by atoms with Gasteiger partial charge < -0.3 is 9.72 Å². The first-order chi connectivity index (χ1) is 14.2. The van der Waals surface area contributed by atoms with E-state index < -0.39 is 5.95 Å². The molecular weight excluding hydrogens is 387 g/mol. The van der Waals surface area contributed by atoms with Crippen molar-refractivity contribution >= 4 is 17.5 Å². The van der Waals surface area contributed by atoms with Crippen molar-refractivity contribution in [2.24, 2.45) is 11.8 Å². The number of ketones is 1. The number of hydrogen-bond acceptors (Lipinski definition) is 4. The Bertz CT molecular complexity index is 868. The molecule has 4 nitrogen and oxygen atoms in total. The summed E-state index contributed by atoms with van der Waals surface area (Å²) in [6.45, 7) is 1.57. The number of nitrogens with one attached hydrogen (secondary N) is 1. The zero-order valence-electron chi connectivity index (χ0n) is 16.5. The van der Waals surface area contributed by atoms with Crippen molar-refractivity contribution in [2.45, 2.75) is 61.0 Å². The summed E-state index contributed by atoms with van der Waals surface area (Å²) in [5.74, 6) is 0.313. The first-order valence-electron chi connectivity index (χ1n) is 10.8. The number of H-pyrrole nitrogens is 1. The van der Waals surface area contributed by atoms with E-state index in [-0.39, 0.29) is 23.3 Å². The minimum absolute atomic E-state index is 0.000358. The molecule has 1 unspecified atom stereocenters. The third-order valence-electron chi connectivity index (χ3n) is 6.21. The number of carbonyl (C=O) groups is 1. The summed E-state index contributed by atoms with van der Waals surface area (Å²) < 4.78 is 20.1. The van der Waals surface area contributed by atoms with Crippen LogP contribution in [0, 0.1) is 17.8 Å². The molecular formula is C23H27FN2O2S. The second kappa shape index (κ2) is 8.23. The standard InChI is InChI=1S/C23H27FN2O2S/c24-22-20(21(27)16-1-2-16)25-23(26-22)19(13-14-9-11-28-12-10-14)15-3-5-17(6-4-15)29-18-7-8-18/h3-6,14,16,18-19H,1-2,7-13H2,(H,25,26). The van der Waals surface area contributed by atoms with Gasteiger partial charge in [0.2, 0.25) is 5.95 Å². The van der Waals surface area contributed by atoms with Crippen molar-refractivity contribution in [3.8, 4) is 0 Å². The van der Waals surface area contributed by atoms with Crippen LogP contribution in [0.2, 0.25) is 0 Å². The van der Waals surface area contributed by atoms with E-state index in [0.717, 1.165) is 56.1 Å².